The predicted molar refractivity (Wildman–Crippen MR) is 78.6 cm³/mol. The van der Waals surface area contributed by atoms with Crippen molar-refractivity contribution >= 4 is 5.91 Å². The van der Waals surface area contributed by atoms with Crippen LogP contribution in [0.2, 0.25) is 0 Å². The largest absolute Gasteiger partial charge is 0.380 e. The monoisotopic (exact) mass is 280 g/mol. The highest BCUT2D eigenvalue weighted by molar-refractivity contribution is 5.76. The average Bonchev–Trinajstić information content (AvgIpc) is 3.09. The number of carbonyl (C=O) groups is 1. The number of amides is 1. The lowest BCUT2D eigenvalue weighted by Crippen LogP contribution is -2.40. The second-order valence-corrected chi connectivity index (χ2v) is 6.64. The Bertz CT molecular complexity index is 322. The minimum Gasteiger partial charge on any atom is -0.380 e. The normalized spacial score (nSPS) is 29.8. The van der Waals surface area contributed by atoms with Gasteiger partial charge in [-0.3, -0.25) is 9.69 Å². The van der Waals surface area contributed by atoms with Gasteiger partial charge in [0.2, 0.25) is 5.91 Å². The minimum atomic E-state index is 0.404. The van der Waals surface area contributed by atoms with Gasteiger partial charge in [0.05, 0.1) is 6.61 Å². The molecule has 2 heterocycles. The summed E-state index contributed by atoms with van der Waals surface area (Å²) in [5, 5.41) is 0. The molecule has 2 aliphatic heterocycles. The number of nitrogens with zero attached hydrogens (tertiary/aromatic N) is 2. The van der Waals surface area contributed by atoms with Crippen LogP contribution in [0.4, 0.5) is 0 Å². The Kier molecular flexibility index (Phi) is 4.94. The molecular weight excluding hydrogens is 252 g/mol. The molecule has 0 radical (unpaired) electrons. The molecule has 0 bridgehead atoms. The van der Waals surface area contributed by atoms with Crippen LogP contribution in [0.1, 0.15) is 44.9 Å². The molecule has 1 aliphatic carbocycles. The van der Waals surface area contributed by atoms with E-state index in [1.807, 2.05) is 0 Å². The maximum Gasteiger partial charge on any atom is 0.222 e. The number of carbonyl (C=O) groups excluding carboxylic acids is 1. The molecule has 0 aromatic carbocycles. The van der Waals surface area contributed by atoms with Crippen molar-refractivity contribution in [3.05, 3.63) is 0 Å². The Morgan fingerprint density at radius 2 is 1.85 bits per heavy atom. The summed E-state index contributed by atoms with van der Waals surface area (Å²) in [4.78, 5) is 17.1. The van der Waals surface area contributed by atoms with Gasteiger partial charge in [-0.15, -0.1) is 0 Å². The van der Waals surface area contributed by atoms with Crippen molar-refractivity contribution in [1.82, 2.24) is 9.80 Å². The zero-order valence-corrected chi connectivity index (χ0v) is 12.6. The van der Waals surface area contributed by atoms with E-state index in [0.29, 0.717) is 17.9 Å². The van der Waals surface area contributed by atoms with E-state index < -0.39 is 0 Å². The fraction of sp³-hybridized carbons (Fsp3) is 0.938. The lowest BCUT2D eigenvalue weighted by atomic mass is 10.0. The van der Waals surface area contributed by atoms with E-state index in [1.165, 1.54) is 25.7 Å². The van der Waals surface area contributed by atoms with E-state index >= 15 is 0 Å². The lowest BCUT2D eigenvalue weighted by Gasteiger charge is -2.26. The summed E-state index contributed by atoms with van der Waals surface area (Å²) in [6, 6.07) is 0.597. The van der Waals surface area contributed by atoms with Crippen LogP contribution in [0.25, 0.3) is 0 Å². The van der Waals surface area contributed by atoms with Gasteiger partial charge in [0, 0.05) is 45.2 Å². The molecule has 3 aliphatic rings. The highest BCUT2D eigenvalue weighted by Crippen LogP contribution is 2.28. The van der Waals surface area contributed by atoms with Gasteiger partial charge in [-0.25, -0.2) is 0 Å². The summed E-state index contributed by atoms with van der Waals surface area (Å²) >= 11 is 0. The van der Waals surface area contributed by atoms with Gasteiger partial charge >= 0.3 is 0 Å². The van der Waals surface area contributed by atoms with Crippen molar-refractivity contribution in [2.24, 2.45) is 5.92 Å². The third-order valence-electron chi connectivity index (χ3n) is 5.24. The predicted octanol–water partition coefficient (Wildman–Crippen LogP) is 1.89. The molecule has 1 unspecified atom stereocenters. The van der Waals surface area contributed by atoms with Crippen molar-refractivity contribution in [2.75, 3.05) is 39.4 Å². The minimum absolute atomic E-state index is 0.404. The second kappa shape index (κ2) is 6.90. The molecule has 3 rings (SSSR count). The van der Waals surface area contributed by atoms with Crippen LogP contribution >= 0.6 is 0 Å². The van der Waals surface area contributed by atoms with Gasteiger partial charge in [0.1, 0.15) is 0 Å². The molecule has 2 saturated heterocycles. The quantitative estimate of drug-likeness (QED) is 0.791. The lowest BCUT2D eigenvalue weighted by molar-refractivity contribution is -0.132. The van der Waals surface area contributed by atoms with Crippen molar-refractivity contribution in [3.8, 4) is 0 Å². The number of hydrogen-bond acceptors (Lipinski definition) is 3. The summed E-state index contributed by atoms with van der Waals surface area (Å²) < 4.78 is 5.49. The first-order chi connectivity index (χ1) is 9.83. The van der Waals surface area contributed by atoms with Gasteiger partial charge in [-0.2, -0.15) is 0 Å². The van der Waals surface area contributed by atoms with Crippen LogP contribution in [0, 0.1) is 5.92 Å². The van der Waals surface area contributed by atoms with Gasteiger partial charge < -0.3 is 9.64 Å². The Labute approximate surface area is 122 Å². The van der Waals surface area contributed by atoms with Crippen molar-refractivity contribution in [1.29, 1.82) is 0 Å². The second-order valence-electron chi connectivity index (χ2n) is 6.64. The van der Waals surface area contributed by atoms with Gasteiger partial charge in [0.15, 0.2) is 0 Å². The van der Waals surface area contributed by atoms with Crippen LogP contribution < -0.4 is 0 Å². The first kappa shape index (κ1) is 14.3. The highest BCUT2D eigenvalue weighted by Gasteiger charge is 2.27. The fourth-order valence-electron chi connectivity index (χ4n) is 3.95. The van der Waals surface area contributed by atoms with Crippen LogP contribution in [0.15, 0.2) is 0 Å². The molecule has 3 fully saturated rings. The summed E-state index contributed by atoms with van der Waals surface area (Å²) in [6.45, 7) is 5.82. The highest BCUT2D eigenvalue weighted by atomic mass is 16.5. The van der Waals surface area contributed by atoms with E-state index in [9.17, 15) is 4.79 Å². The summed E-state index contributed by atoms with van der Waals surface area (Å²) in [5.74, 6) is 1.08. The molecule has 1 saturated carbocycles. The molecule has 0 aromatic heterocycles. The number of hydrogen-bond donors (Lipinski definition) is 0. The zero-order chi connectivity index (χ0) is 13.8. The SMILES string of the molecule is O=C(CC1CCCC1)N1CCCN(C2CCOC2)CC1. The van der Waals surface area contributed by atoms with E-state index in [-0.39, 0.29) is 0 Å². The van der Waals surface area contributed by atoms with Crippen LogP contribution in [0.5, 0.6) is 0 Å². The Balaban J connectivity index is 1.47. The van der Waals surface area contributed by atoms with Crippen molar-refractivity contribution in [3.63, 3.8) is 0 Å². The number of ether oxygens (including phenoxy) is 1. The van der Waals surface area contributed by atoms with Crippen molar-refractivity contribution in [2.45, 2.75) is 51.0 Å². The molecule has 0 N–H and O–H groups in total. The first-order valence-electron chi connectivity index (χ1n) is 8.42. The standard InChI is InChI=1S/C16H28N2O2/c19-16(12-14-4-1-2-5-14)18-8-3-7-17(9-10-18)15-6-11-20-13-15/h14-15H,1-13H2. The first-order valence-corrected chi connectivity index (χ1v) is 8.42. The van der Waals surface area contributed by atoms with Crippen molar-refractivity contribution < 1.29 is 9.53 Å². The van der Waals surface area contributed by atoms with Gasteiger partial charge in [0.25, 0.3) is 0 Å². The average molecular weight is 280 g/mol. The topological polar surface area (TPSA) is 32.8 Å². The molecule has 0 spiro atoms. The molecule has 1 amide bonds. The molecule has 114 valence electrons. The maximum absolute atomic E-state index is 12.4. The van der Waals surface area contributed by atoms with Gasteiger partial charge in [-0.1, -0.05) is 12.8 Å². The Morgan fingerprint density at radius 3 is 2.60 bits per heavy atom. The third kappa shape index (κ3) is 3.53. The smallest absolute Gasteiger partial charge is 0.222 e. The molecule has 4 heteroatoms. The van der Waals surface area contributed by atoms with E-state index in [4.69, 9.17) is 4.74 Å². The molecule has 4 nitrogen and oxygen atoms in total. The fourth-order valence-corrected chi connectivity index (χ4v) is 3.95. The summed E-state index contributed by atoms with van der Waals surface area (Å²) in [5.41, 5.74) is 0. The van der Waals surface area contributed by atoms with E-state index in [0.717, 1.165) is 58.7 Å². The zero-order valence-electron chi connectivity index (χ0n) is 12.6. The van der Waals surface area contributed by atoms with Crippen LogP contribution in [-0.4, -0.2) is 61.1 Å². The molecular formula is C16H28N2O2. The van der Waals surface area contributed by atoms with E-state index in [1.54, 1.807) is 0 Å². The number of rotatable bonds is 3. The van der Waals surface area contributed by atoms with Crippen LogP contribution in [0.3, 0.4) is 0 Å². The Hall–Kier alpha value is -0.610. The maximum atomic E-state index is 12.4. The Morgan fingerprint density at radius 1 is 1.00 bits per heavy atom. The summed E-state index contributed by atoms with van der Waals surface area (Å²) in [6.07, 6.45) is 8.27. The molecule has 1 atom stereocenters. The van der Waals surface area contributed by atoms with E-state index in [2.05, 4.69) is 9.80 Å². The van der Waals surface area contributed by atoms with Crippen LogP contribution in [-0.2, 0) is 9.53 Å². The molecule has 0 aromatic rings. The third-order valence-corrected chi connectivity index (χ3v) is 5.24. The van der Waals surface area contributed by atoms with Gasteiger partial charge in [-0.05, 0) is 31.6 Å². The molecule has 20 heavy (non-hydrogen) atoms. The summed E-state index contributed by atoms with van der Waals surface area (Å²) in [7, 11) is 0.